The molecule has 0 bridgehead atoms. The van der Waals surface area contributed by atoms with E-state index in [1.165, 1.54) is 5.32 Å². The fourth-order valence-electron chi connectivity index (χ4n) is 1.80. The van der Waals surface area contributed by atoms with Crippen LogP contribution in [0.15, 0.2) is 66.3 Å². The van der Waals surface area contributed by atoms with E-state index in [0.29, 0.717) is 11.4 Å². The first-order valence-electron chi connectivity index (χ1n) is 6.84. The number of quaternary nitrogens is 1. The molecule has 0 unspecified atom stereocenters. The molecule has 6 heteroatoms. The molecule has 114 valence electrons. The normalized spacial score (nSPS) is 11.5. The van der Waals surface area contributed by atoms with Gasteiger partial charge in [0.2, 0.25) is 0 Å². The summed E-state index contributed by atoms with van der Waals surface area (Å²) in [4.78, 5) is 16.1. The summed E-state index contributed by atoms with van der Waals surface area (Å²) >= 11 is 0. The second-order valence-corrected chi connectivity index (χ2v) is 4.54. The van der Waals surface area contributed by atoms with Crippen molar-refractivity contribution in [1.29, 1.82) is 0 Å². The van der Waals surface area contributed by atoms with Crippen molar-refractivity contribution in [2.45, 2.75) is 0 Å². The van der Waals surface area contributed by atoms with Crippen LogP contribution in [0.1, 0.15) is 0 Å². The molecule has 0 saturated carbocycles. The fraction of sp³-hybridized carbons (Fsp3) is 0.125. The van der Waals surface area contributed by atoms with Gasteiger partial charge < -0.3 is 15.8 Å². The molecule has 0 aliphatic rings. The van der Waals surface area contributed by atoms with E-state index in [1.807, 2.05) is 30.3 Å². The summed E-state index contributed by atoms with van der Waals surface area (Å²) in [7, 11) is 1.70. The highest BCUT2D eigenvalue weighted by molar-refractivity contribution is 5.86. The van der Waals surface area contributed by atoms with Gasteiger partial charge in [-0.05, 0) is 24.3 Å². The van der Waals surface area contributed by atoms with Gasteiger partial charge in [0.15, 0.2) is 5.70 Å². The average molecular weight is 299 g/mol. The van der Waals surface area contributed by atoms with Crippen LogP contribution in [0.4, 0.5) is 5.69 Å². The smallest absolute Gasteiger partial charge is 0.365 e. The molecule has 6 nitrogen and oxygen atoms in total. The minimum atomic E-state index is -0.259. The van der Waals surface area contributed by atoms with Gasteiger partial charge in [-0.25, -0.2) is 10.1 Å². The molecule has 2 aromatic rings. The Bertz CT molecular complexity index is 642. The predicted molar refractivity (Wildman–Crippen MR) is 83.0 cm³/mol. The van der Waals surface area contributed by atoms with E-state index < -0.39 is 0 Å². The Morgan fingerprint density at radius 3 is 2.68 bits per heavy atom. The third-order valence-corrected chi connectivity index (χ3v) is 3.01. The van der Waals surface area contributed by atoms with Gasteiger partial charge in [0, 0.05) is 13.2 Å². The highest BCUT2D eigenvalue weighted by atomic mass is 16.5. The van der Waals surface area contributed by atoms with Crippen molar-refractivity contribution in [2.75, 3.05) is 13.7 Å². The second kappa shape index (κ2) is 7.80. The maximum Gasteiger partial charge on any atom is 0.365 e. The van der Waals surface area contributed by atoms with Crippen LogP contribution in [0.2, 0.25) is 0 Å². The van der Waals surface area contributed by atoms with Crippen molar-refractivity contribution in [3.63, 3.8) is 0 Å². The Hall–Kier alpha value is -2.86. The second-order valence-electron chi connectivity index (χ2n) is 4.54. The van der Waals surface area contributed by atoms with Crippen molar-refractivity contribution < 1.29 is 14.8 Å². The van der Waals surface area contributed by atoms with Crippen LogP contribution in [0, 0.1) is 0 Å². The number of rotatable bonds is 6. The Morgan fingerprint density at radius 2 is 2.05 bits per heavy atom. The van der Waals surface area contributed by atoms with Crippen LogP contribution in [0.25, 0.3) is 0 Å². The predicted octanol–water partition coefficient (Wildman–Crippen LogP) is 0.272. The number of carbonyl (C=O) groups is 1. The molecule has 0 saturated heterocycles. The summed E-state index contributed by atoms with van der Waals surface area (Å²) in [5, 5.41) is 4.40. The molecule has 2 rings (SSSR count). The zero-order valence-corrected chi connectivity index (χ0v) is 12.3. The molecule has 1 heterocycles. The number of hydrogen-bond donors (Lipinski definition) is 3. The first-order chi connectivity index (χ1) is 10.7. The number of pyridine rings is 1. The first-order valence-corrected chi connectivity index (χ1v) is 6.84. The van der Waals surface area contributed by atoms with Crippen molar-refractivity contribution in [3.05, 3.63) is 66.3 Å². The van der Waals surface area contributed by atoms with Crippen molar-refractivity contribution in [1.82, 2.24) is 10.3 Å². The highest BCUT2D eigenvalue weighted by Crippen LogP contribution is 2.08. The Kier molecular flexibility index (Phi) is 5.50. The number of aromatic nitrogens is 1. The maximum atomic E-state index is 12.2. The summed E-state index contributed by atoms with van der Waals surface area (Å²) in [6.07, 6.45) is 3.26. The summed E-state index contributed by atoms with van der Waals surface area (Å²) < 4.78 is 5.55. The zero-order chi connectivity index (χ0) is 15.8. The van der Waals surface area contributed by atoms with Gasteiger partial charge in [-0.3, -0.25) is 4.98 Å². The van der Waals surface area contributed by atoms with E-state index in [1.54, 1.807) is 31.6 Å². The standard InChI is InChI=1S/C16H18N4O2/c1-18-14(11-22-13-8-5-9-19-10-13)15(17)16(21)20-12-6-3-2-4-7-12/h2-10,18H,11,17H2,1H3,(H,20,21)/p+1/b15-14+. The molecule has 0 atom stereocenters. The Labute approximate surface area is 129 Å². The molecule has 1 amide bonds. The van der Waals surface area contributed by atoms with Crippen molar-refractivity contribution in [3.8, 4) is 5.75 Å². The molecule has 5 N–H and O–H groups in total. The molecule has 0 fully saturated rings. The van der Waals surface area contributed by atoms with Crippen LogP contribution < -0.4 is 21.1 Å². The lowest BCUT2D eigenvalue weighted by Gasteiger charge is -2.11. The van der Waals surface area contributed by atoms with Crippen LogP contribution >= 0.6 is 0 Å². The largest absolute Gasteiger partial charge is 0.486 e. The van der Waals surface area contributed by atoms with Crippen molar-refractivity contribution in [2.24, 2.45) is 5.73 Å². The lowest BCUT2D eigenvalue weighted by Crippen LogP contribution is -2.83. The van der Waals surface area contributed by atoms with Crippen LogP contribution in [-0.4, -0.2) is 24.5 Å². The molecule has 0 spiro atoms. The molecule has 22 heavy (non-hydrogen) atoms. The SMILES string of the molecule is CN/C(COc1cccnc1)=C(/N)C(=O)[NH2+]c1ccccc1. The summed E-state index contributed by atoms with van der Waals surface area (Å²) in [5.74, 6) is 0.355. The minimum Gasteiger partial charge on any atom is -0.486 e. The molecule has 0 radical (unpaired) electrons. The number of primary amides is 1. The third-order valence-electron chi connectivity index (χ3n) is 3.01. The van der Waals surface area contributed by atoms with Crippen molar-refractivity contribution >= 4 is 11.6 Å². The monoisotopic (exact) mass is 299 g/mol. The van der Waals surface area contributed by atoms with E-state index in [0.717, 1.165) is 5.69 Å². The van der Waals surface area contributed by atoms with Gasteiger partial charge in [-0.15, -0.1) is 0 Å². The lowest BCUT2D eigenvalue weighted by atomic mass is 10.3. The number of ether oxygens (including phenoxy) is 1. The molecule has 1 aromatic heterocycles. The van der Waals surface area contributed by atoms with Crippen LogP contribution in [-0.2, 0) is 4.79 Å². The van der Waals surface area contributed by atoms with E-state index in [2.05, 4.69) is 10.3 Å². The number of amides is 1. The molecular weight excluding hydrogens is 280 g/mol. The number of carbonyl (C=O) groups excluding carboxylic acids is 1. The quantitative estimate of drug-likeness (QED) is 0.526. The maximum absolute atomic E-state index is 12.2. The molecule has 0 aliphatic carbocycles. The Balaban J connectivity index is 2.02. The number of likely N-dealkylation sites (N-methyl/N-ethyl adjacent to an activating group) is 1. The third kappa shape index (κ3) is 4.32. The van der Waals surface area contributed by atoms with E-state index in [9.17, 15) is 4.79 Å². The van der Waals surface area contributed by atoms with Gasteiger partial charge >= 0.3 is 5.91 Å². The average Bonchev–Trinajstić information content (AvgIpc) is 2.57. The first kappa shape index (κ1) is 15.5. The molecule has 0 aliphatic heterocycles. The van der Waals surface area contributed by atoms with Crippen LogP contribution in [0.3, 0.4) is 0 Å². The topological polar surface area (TPSA) is 93.9 Å². The number of hydrogen-bond acceptors (Lipinski definition) is 5. The summed E-state index contributed by atoms with van der Waals surface area (Å²) in [6.45, 7) is 0.169. The number of nitrogens with one attached hydrogen (secondary N) is 1. The highest BCUT2D eigenvalue weighted by Gasteiger charge is 2.16. The van der Waals surface area contributed by atoms with E-state index >= 15 is 0 Å². The minimum absolute atomic E-state index is 0.134. The number of nitrogens with two attached hydrogens (primary N) is 2. The van der Waals surface area contributed by atoms with Crippen LogP contribution in [0.5, 0.6) is 5.75 Å². The van der Waals surface area contributed by atoms with E-state index in [-0.39, 0.29) is 18.2 Å². The molecular formula is C16H19N4O2+. The Morgan fingerprint density at radius 1 is 1.27 bits per heavy atom. The summed E-state index contributed by atoms with van der Waals surface area (Å²) in [6, 6.07) is 12.9. The van der Waals surface area contributed by atoms with Gasteiger partial charge in [-0.2, -0.15) is 0 Å². The number of para-hydroxylation sites is 1. The molecule has 1 aromatic carbocycles. The van der Waals surface area contributed by atoms with Gasteiger partial charge in [0.1, 0.15) is 18.0 Å². The number of benzene rings is 1. The van der Waals surface area contributed by atoms with Gasteiger partial charge in [-0.1, -0.05) is 18.2 Å². The lowest BCUT2D eigenvalue weighted by molar-refractivity contribution is -0.479. The summed E-state index contributed by atoms with van der Waals surface area (Å²) in [5.41, 5.74) is 7.39. The zero-order valence-electron chi connectivity index (χ0n) is 12.3. The number of nitrogens with zero attached hydrogens (tertiary/aromatic N) is 1. The fourth-order valence-corrected chi connectivity index (χ4v) is 1.80. The van der Waals surface area contributed by atoms with Gasteiger partial charge in [0.05, 0.1) is 11.9 Å². The van der Waals surface area contributed by atoms with Gasteiger partial charge in [0.25, 0.3) is 0 Å². The van der Waals surface area contributed by atoms with E-state index in [4.69, 9.17) is 10.5 Å².